The summed E-state index contributed by atoms with van der Waals surface area (Å²) < 4.78 is 9.97. The molecular formula is C3H7NO5P-. The summed E-state index contributed by atoms with van der Waals surface area (Å²) in [5.74, 6) is -0.842. The quantitative estimate of drug-likeness (QED) is 0.268. The molecule has 0 bridgehead atoms. The molecule has 6 nitrogen and oxygen atoms in total. The van der Waals surface area contributed by atoms with E-state index in [1.54, 1.807) is 0 Å². The SMILES string of the molecule is O=C(CCP(=O)([O-])O)NO. The van der Waals surface area contributed by atoms with Gasteiger partial charge in [0, 0.05) is 12.6 Å². The lowest BCUT2D eigenvalue weighted by molar-refractivity contribution is -0.193. The first-order valence-electron chi connectivity index (χ1n) is 2.41. The van der Waals surface area contributed by atoms with Crippen LogP contribution >= 0.6 is 7.60 Å². The molecular weight excluding hydrogens is 161 g/mol. The van der Waals surface area contributed by atoms with Crippen molar-refractivity contribution in [2.75, 3.05) is 6.16 Å². The first kappa shape index (κ1) is 9.58. The largest absolute Gasteiger partial charge is 0.779 e. The lowest BCUT2D eigenvalue weighted by atomic mass is 10.5. The second-order valence-electron chi connectivity index (χ2n) is 1.65. The maximum absolute atomic E-state index is 10.1. The van der Waals surface area contributed by atoms with Crippen LogP contribution in [0, 0.1) is 0 Å². The topological polar surface area (TPSA) is 110 Å². The van der Waals surface area contributed by atoms with Crippen molar-refractivity contribution in [3.8, 4) is 0 Å². The minimum absolute atomic E-state index is 0.437. The van der Waals surface area contributed by atoms with Crippen LogP contribution in [0.5, 0.6) is 0 Å². The maximum Gasteiger partial charge on any atom is 0.243 e. The van der Waals surface area contributed by atoms with Crippen LogP contribution in [0.15, 0.2) is 0 Å². The Bertz CT molecular complexity index is 162. The number of nitrogens with one attached hydrogen (secondary N) is 1. The van der Waals surface area contributed by atoms with Gasteiger partial charge in [-0.3, -0.25) is 10.0 Å². The van der Waals surface area contributed by atoms with Gasteiger partial charge in [-0.15, -0.1) is 0 Å². The fourth-order valence-corrected chi connectivity index (χ4v) is 0.784. The van der Waals surface area contributed by atoms with Crippen LogP contribution in [-0.4, -0.2) is 22.2 Å². The van der Waals surface area contributed by atoms with E-state index in [0.29, 0.717) is 0 Å². The predicted molar refractivity (Wildman–Crippen MR) is 29.2 cm³/mol. The number of hydroxylamine groups is 1. The Balaban J connectivity index is 3.56. The summed E-state index contributed by atoms with van der Waals surface area (Å²) in [5.41, 5.74) is 1.23. The van der Waals surface area contributed by atoms with E-state index in [2.05, 4.69) is 0 Å². The second-order valence-corrected chi connectivity index (χ2v) is 3.37. The fourth-order valence-electron chi connectivity index (χ4n) is 0.299. The molecule has 3 N–H and O–H groups in total. The summed E-state index contributed by atoms with van der Waals surface area (Å²) in [6.45, 7) is 0. The smallest absolute Gasteiger partial charge is 0.243 e. The summed E-state index contributed by atoms with van der Waals surface area (Å²) in [7, 11) is -4.35. The zero-order valence-corrected chi connectivity index (χ0v) is 5.88. The Kier molecular flexibility index (Phi) is 3.52. The molecule has 0 saturated carbocycles. The monoisotopic (exact) mass is 168 g/mol. The highest BCUT2D eigenvalue weighted by molar-refractivity contribution is 7.50. The minimum atomic E-state index is -4.35. The summed E-state index contributed by atoms with van der Waals surface area (Å²) >= 11 is 0. The Morgan fingerprint density at radius 3 is 2.50 bits per heavy atom. The van der Waals surface area contributed by atoms with Crippen molar-refractivity contribution < 1.29 is 24.4 Å². The zero-order valence-electron chi connectivity index (χ0n) is 4.98. The molecule has 0 aromatic rings. The molecule has 0 aliphatic carbocycles. The van der Waals surface area contributed by atoms with Crippen LogP contribution < -0.4 is 10.4 Å². The molecule has 60 valence electrons. The number of hydrogen-bond donors (Lipinski definition) is 3. The van der Waals surface area contributed by atoms with Crippen LogP contribution in [0.3, 0.4) is 0 Å². The normalized spacial score (nSPS) is 15.9. The van der Waals surface area contributed by atoms with Gasteiger partial charge in [-0.25, -0.2) is 5.48 Å². The molecule has 0 rings (SSSR count). The average Bonchev–Trinajstić information content (AvgIpc) is 1.81. The van der Waals surface area contributed by atoms with E-state index in [1.165, 1.54) is 5.48 Å². The highest BCUT2D eigenvalue weighted by Crippen LogP contribution is 2.28. The summed E-state index contributed by atoms with van der Waals surface area (Å²) in [5, 5.41) is 7.86. The molecule has 0 aromatic heterocycles. The summed E-state index contributed by atoms with van der Waals surface area (Å²) in [6.07, 6.45) is -1.09. The van der Waals surface area contributed by atoms with Crippen molar-refractivity contribution in [3.05, 3.63) is 0 Å². The van der Waals surface area contributed by atoms with Crippen molar-refractivity contribution >= 4 is 13.5 Å². The molecule has 1 atom stereocenters. The number of rotatable bonds is 3. The molecule has 1 amide bonds. The van der Waals surface area contributed by atoms with Gasteiger partial charge in [0.2, 0.25) is 5.91 Å². The Morgan fingerprint density at radius 2 is 2.20 bits per heavy atom. The van der Waals surface area contributed by atoms with Crippen LogP contribution in [0.4, 0.5) is 0 Å². The van der Waals surface area contributed by atoms with E-state index >= 15 is 0 Å². The van der Waals surface area contributed by atoms with Crippen LogP contribution in [0.2, 0.25) is 0 Å². The molecule has 1 unspecified atom stereocenters. The lowest BCUT2D eigenvalue weighted by Crippen LogP contribution is -2.20. The van der Waals surface area contributed by atoms with Gasteiger partial charge in [0.05, 0.1) is 0 Å². The minimum Gasteiger partial charge on any atom is -0.779 e. The predicted octanol–water partition coefficient (Wildman–Crippen LogP) is -1.57. The first-order valence-corrected chi connectivity index (χ1v) is 4.18. The van der Waals surface area contributed by atoms with Crippen molar-refractivity contribution in [2.24, 2.45) is 0 Å². The number of carbonyl (C=O) groups excluding carboxylic acids is 1. The maximum atomic E-state index is 10.1. The zero-order chi connectivity index (χ0) is 8.20. The van der Waals surface area contributed by atoms with E-state index in [9.17, 15) is 14.3 Å². The lowest BCUT2D eigenvalue weighted by Gasteiger charge is -2.13. The number of hydrogen-bond acceptors (Lipinski definition) is 4. The van der Waals surface area contributed by atoms with E-state index in [4.69, 9.17) is 10.1 Å². The molecule has 0 spiro atoms. The van der Waals surface area contributed by atoms with Crippen LogP contribution in [0.1, 0.15) is 6.42 Å². The Hall–Kier alpha value is -0.420. The number of amides is 1. The van der Waals surface area contributed by atoms with Gasteiger partial charge in [-0.05, 0) is 0 Å². The molecule has 0 radical (unpaired) electrons. The van der Waals surface area contributed by atoms with E-state index in [-0.39, 0.29) is 0 Å². The third-order valence-electron chi connectivity index (χ3n) is 0.746. The molecule has 0 aliphatic rings. The molecule has 0 saturated heterocycles. The van der Waals surface area contributed by atoms with Gasteiger partial charge >= 0.3 is 0 Å². The standard InChI is InChI=1S/C3H8NO5P/c5-3(4-6)1-2-10(7,8)9/h6H,1-2H2,(H,4,5)(H2,7,8,9)/p-1. The Morgan fingerprint density at radius 1 is 1.70 bits per heavy atom. The second kappa shape index (κ2) is 3.68. The summed E-state index contributed by atoms with van der Waals surface area (Å²) in [6, 6.07) is 0. The fraction of sp³-hybridized carbons (Fsp3) is 0.667. The van der Waals surface area contributed by atoms with Crippen molar-refractivity contribution in [1.29, 1.82) is 0 Å². The first-order chi connectivity index (χ1) is 4.45. The van der Waals surface area contributed by atoms with Crippen LogP contribution in [-0.2, 0) is 9.36 Å². The van der Waals surface area contributed by atoms with Gasteiger partial charge in [0.15, 0.2) is 0 Å². The molecule has 0 aliphatic heterocycles. The molecule has 7 heteroatoms. The third kappa shape index (κ3) is 5.71. The average molecular weight is 168 g/mol. The van der Waals surface area contributed by atoms with Gasteiger partial charge in [-0.1, -0.05) is 0 Å². The molecule has 0 aromatic carbocycles. The van der Waals surface area contributed by atoms with Gasteiger partial charge < -0.3 is 14.4 Å². The van der Waals surface area contributed by atoms with E-state index < -0.39 is 26.1 Å². The molecule has 0 heterocycles. The van der Waals surface area contributed by atoms with Crippen molar-refractivity contribution in [2.45, 2.75) is 6.42 Å². The van der Waals surface area contributed by atoms with Gasteiger partial charge in [0.25, 0.3) is 0 Å². The van der Waals surface area contributed by atoms with Crippen molar-refractivity contribution in [1.82, 2.24) is 5.48 Å². The van der Waals surface area contributed by atoms with E-state index in [1.807, 2.05) is 0 Å². The molecule has 10 heavy (non-hydrogen) atoms. The molecule has 0 fully saturated rings. The Labute approximate surface area is 57.0 Å². The number of carbonyl (C=O) groups is 1. The van der Waals surface area contributed by atoms with Crippen molar-refractivity contribution in [3.63, 3.8) is 0 Å². The highest BCUT2D eigenvalue weighted by atomic mass is 31.2. The highest BCUT2D eigenvalue weighted by Gasteiger charge is 2.05. The van der Waals surface area contributed by atoms with E-state index in [0.717, 1.165) is 0 Å². The van der Waals surface area contributed by atoms with Gasteiger partial charge in [-0.2, -0.15) is 0 Å². The van der Waals surface area contributed by atoms with Crippen LogP contribution in [0.25, 0.3) is 0 Å². The van der Waals surface area contributed by atoms with Gasteiger partial charge in [0.1, 0.15) is 7.60 Å². The summed E-state index contributed by atoms with van der Waals surface area (Å²) in [4.78, 5) is 28.2. The third-order valence-corrected chi connectivity index (χ3v) is 1.53.